The number of para-hydroxylation sites is 1. The molecular formula is C18H21N3O3. The molecule has 1 aromatic heterocycles. The summed E-state index contributed by atoms with van der Waals surface area (Å²) in [6, 6.07) is 10.5. The van der Waals surface area contributed by atoms with Crippen LogP contribution >= 0.6 is 0 Å². The summed E-state index contributed by atoms with van der Waals surface area (Å²) in [5.41, 5.74) is 1.47. The van der Waals surface area contributed by atoms with Crippen molar-refractivity contribution in [2.24, 2.45) is 7.05 Å². The molecule has 0 saturated carbocycles. The Kier molecular flexibility index (Phi) is 4.96. The summed E-state index contributed by atoms with van der Waals surface area (Å²) in [6.45, 7) is 1.24. The third-order valence-corrected chi connectivity index (χ3v) is 4.11. The van der Waals surface area contributed by atoms with Gasteiger partial charge >= 0.3 is 0 Å². The molecule has 1 fully saturated rings. The Labute approximate surface area is 140 Å². The molecule has 126 valence electrons. The summed E-state index contributed by atoms with van der Waals surface area (Å²) in [7, 11) is 1.80. The number of hydrogen-bond donors (Lipinski definition) is 2. The van der Waals surface area contributed by atoms with Gasteiger partial charge in [-0.25, -0.2) is 0 Å². The van der Waals surface area contributed by atoms with Gasteiger partial charge in [-0.05, 0) is 37.1 Å². The fourth-order valence-corrected chi connectivity index (χ4v) is 2.78. The average molecular weight is 327 g/mol. The molecule has 0 bridgehead atoms. The van der Waals surface area contributed by atoms with Gasteiger partial charge in [0.1, 0.15) is 5.69 Å². The van der Waals surface area contributed by atoms with E-state index in [4.69, 9.17) is 4.74 Å². The van der Waals surface area contributed by atoms with Gasteiger partial charge < -0.3 is 19.9 Å². The first-order valence-corrected chi connectivity index (χ1v) is 8.06. The topological polar surface area (TPSA) is 72.4 Å². The molecule has 0 spiro atoms. The van der Waals surface area contributed by atoms with Gasteiger partial charge in [0, 0.05) is 26.4 Å². The Morgan fingerprint density at radius 1 is 1.21 bits per heavy atom. The number of nitrogens with zero attached hydrogens (tertiary/aromatic N) is 1. The third-order valence-electron chi connectivity index (χ3n) is 4.11. The van der Waals surface area contributed by atoms with Gasteiger partial charge in [0.15, 0.2) is 0 Å². The number of rotatable bonds is 5. The second kappa shape index (κ2) is 7.31. The van der Waals surface area contributed by atoms with Crippen LogP contribution < -0.4 is 10.6 Å². The largest absolute Gasteiger partial charge is 0.376 e. The lowest BCUT2D eigenvalue weighted by Crippen LogP contribution is -2.32. The summed E-state index contributed by atoms with van der Waals surface area (Å²) in [4.78, 5) is 24.8. The monoisotopic (exact) mass is 327 g/mol. The maximum absolute atomic E-state index is 12.4. The van der Waals surface area contributed by atoms with Gasteiger partial charge in [0.2, 0.25) is 0 Å². The summed E-state index contributed by atoms with van der Waals surface area (Å²) >= 11 is 0. The lowest BCUT2D eigenvalue weighted by Gasteiger charge is -2.14. The second-order valence-corrected chi connectivity index (χ2v) is 5.85. The van der Waals surface area contributed by atoms with Gasteiger partial charge in [0.25, 0.3) is 11.8 Å². The Bertz CT molecular complexity index is 733. The Morgan fingerprint density at radius 2 is 2.04 bits per heavy atom. The van der Waals surface area contributed by atoms with Crippen molar-refractivity contribution >= 4 is 17.5 Å². The SMILES string of the molecule is Cn1cccc1C(=O)Nc1ccccc1C(=O)NCC1CCCO1. The number of nitrogens with one attached hydrogen (secondary N) is 2. The number of hydrogen-bond acceptors (Lipinski definition) is 3. The van der Waals surface area contributed by atoms with E-state index >= 15 is 0 Å². The minimum absolute atomic E-state index is 0.0825. The Balaban J connectivity index is 1.69. The van der Waals surface area contributed by atoms with E-state index < -0.39 is 0 Å². The molecule has 2 N–H and O–H groups in total. The second-order valence-electron chi connectivity index (χ2n) is 5.85. The number of carbonyl (C=O) groups excluding carboxylic acids is 2. The Morgan fingerprint density at radius 3 is 2.75 bits per heavy atom. The van der Waals surface area contributed by atoms with E-state index in [1.807, 2.05) is 0 Å². The molecular weight excluding hydrogens is 306 g/mol. The zero-order chi connectivity index (χ0) is 16.9. The van der Waals surface area contributed by atoms with Crippen molar-refractivity contribution in [2.75, 3.05) is 18.5 Å². The van der Waals surface area contributed by atoms with Crippen molar-refractivity contribution in [3.05, 3.63) is 53.9 Å². The van der Waals surface area contributed by atoms with Crippen LogP contribution in [-0.4, -0.2) is 35.6 Å². The first-order chi connectivity index (χ1) is 11.6. The highest BCUT2D eigenvalue weighted by Crippen LogP contribution is 2.17. The molecule has 0 aliphatic carbocycles. The van der Waals surface area contributed by atoms with Crippen LogP contribution in [0.2, 0.25) is 0 Å². The fraction of sp³-hybridized carbons (Fsp3) is 0.333. The molecule has 1 saturated heterocycles. The summed E-state index contributed by atoms with van der Waals surface area (Å²) in [5.74, 6) is -0.463. The van der Waals surface area contributed by atoms with Crippen molar-refractivity contribution in [3.8, 4) is 0 Å². The molecule has 6 heteroatoms. The normalized spacial score (nSPS) is 16.8. The quantitative estimate of drug-likeness (QED) is 0.884. The predicted octanol–water partition coefficient (Wildman–Crippen LogP) is 2.19. The molecule has 0 radical (unpaired) electrons. The van der Waals surface area contributed by atoms with Gasteiger partial charge in [-0.1, -0.05) is 12.1 Å². The van der Waals surface area contributed by atoms with Crippen molar-refractivity contribution < 1.29 is 14.3 Å². The predicted molar refractivity (Wildman–Crippen MR) is 91.1 cm³/mol. The van der Waals surface area contributed by atoms with Crippen LogP contribution in [0.25, 0.3) is 0 Å². The first-order valence-electron chi connectivity index (χ1n) is 8.06. The maximum Gasteiger partial charge on any atom is 0.272 e. The molecule has 1 aliphatic heterocycles. The number of aromatic nitrogens is 1. The smallest absolute Gasteiger partial charge is 0.272 e. The minimum Gasteiger partial charge on any atom is -0.376 e. The highest BCUT2D eigenvalue weighted by atomic mass is 16.5. The van der Waals surface area contributed by atoms with Gasteiger partial charge in [-0.2, -0.15) is 0 Å². The summed E-state index contributed by atoms with van der Waals surface area (Å²) in [6.07, 6.45) is 3.88. The van der Waals surface area contributed by atoms with E-state index in [9.17, 15) is 9.59 Å². The van der Waals surface area contributed by atoms with Crippen molar-refractivity contribution in [3.63, 3.8) is 0 Å². The zero-order valence-corrected chi connectivity index (χ0v) is 13.6. The summed E-state index contributed by atoms with van der Waals surface area (Å²) < 4.78 is 7.24. The van der Waals surface area contributed by atoms with E-state index in [0.29, 0.717) is 23.5 Å². The number of aryl methyl sites for hydroxylation is 1. The third kappa shape index (κ3) is 3.65. The lowest BCUT2D eigenvalue weighted by molar-refractivity contribution is 0.0858. The molecule has 2 aromatic rings. The van der Waals surface area contributed by atoms with E-state index in [1.54, 1.807) is 54.2 Å². The number of ether oxygens (including phenoxy) is 1. The van der Waals surface area contributed by atoms with Gasteiger partial charge in [0.05, 0.1) is 17.4 Å². The van der Waals surface area contributed by atoms with E-state index in [1.165, 1.54) is 0 Å². The first kappa shape index (κ1) is 16.3. The van der Waals surface area contributed by atoms with Crippen LogP contribution in [-0.2, 0) is 11.8 Å². The number of benzene rings is 1. The minimum atomic E-state index is -0.248. The molecule has 2 amide bonds. The number of carbonyl (C=O) groups is 2. The van der Waals surface area contributed by atoms with Crippen molar-refractivity contribution in [2.45, 2.75) is 18.9 Å². The Hall–Kier alpha value is -2.60. The van der Waals surface area contributed by atoms with Gasteiger partial charge in [-0.3, -0.25) is 9.59 Å². The molecule has 3 rings (SSSR count). The molecule has 24 heavy (non-hydrogen) atoms. The van der Waals surface area contributed by atoms with E-state index in [2.05, 4.69) is 10.6 Å². The fourth-order valence-electron chi connectivity index (χ4n) is 2.78. The van der Waals surface area contributed by atoms with Crippen LogP contribution in [0.5, 0.6) is 0 Å². The highest BCUT2D eigenvalue weighted by Gasteiger charge is 2.19. The molecule has 1 aromatic carbocycles. The van der Waals surface area contributed by atoms with Crippen molar-refractivity contribution in [1.82, 2.24) is 9.88 Å². The molecule has 2 heterocycles. The van der Waals surface area contributed by atoms with Crippen molar-refractivity contribution in [1.29, 1.82) is 0 Å². The lowest BCUT2D eigenvalue weighted by atomic mass is 10.1. The average Bonchev–Trinajstić information content (AvgIpc) is 3.24. The number of anilines is 1. The molecule has 1 unspecified atom stereocenters. The van der Waals surface area contributed by atoms with E-state index in [0.717, 1.165) is 19.4 Å². The van der Waals surface area contributed by atoms with Crippen LogP contribution in [0.15, 0.2) is 42.6 Å². The molecule has 1 atom stereocenters. The van der Waals surface area contributed by atoms with E-state index in [-0.39, 0.29) is 17.9 Å². The van der Waals surface area contributed by atoms with Crippen LogP contribution in [0.4, 0.5) is 5.69 Å². The molecule has 1 aliphatic rings. The van der Waals surface area contributed by atoms with Crippen LogP contribution in [0, 0.1) is 0 Å². The van der Waals surface area contributed by atoms with Gasteiger partial charge in [-0.15, -0.1) is 0 Å². The standard InChI is InChI=1S/C18H21N3O3/c1-21-10-4-9-16(21)18(23)20-15-8-3-2-7-14(15)17(22)19-12-13-6-5-11-24-13/h2-4,7-10,13H,5-6,11-12H2,1H3,(H,19,22)(H,20,23). The molecule has 6 nitrogen and oxygen atoms in total. The number of amides is 2. The van der Waals surface area contributed by atoms with Crippen LogP contribution in [0.1, 0.15) is 33.7 Å². The maximum atomic E-state index is 12.4. The van der Waals surface area contributed by atoms with Crippen LogP contribution in [0.3, 0.4) is 0 Å². The summed E-state index contributed by atoms with van der Waals surface area (Å²) in [5, 5.41) is 5.69. The highest BCUT2D eigenvalue weighted by molar-refractivity contribution is 6.08. The zero-order valence-electron chi connectivity index (χ0n) is 13.6.